The minimum Gasteiger partial charge on any atom is -0.469 e. The van der Waals surface area contributed by atoms with Crippen LogP contribution in [0.5, 0.6) is 0 Å². The van der Waals surface area contributed by atoms with Gasteiger partial charge in [-0.3, -0.25) is 14.5 Å². The van der Waals surface area contributed by atoms with Crippen LogP contribution in [0, 0.1) is 17.2 Å². The number of methoxy groups -OCH3 is 1. The summed E-state index contributed by atoms with van der Waals surface area (Å²) in [7, 11) is 1.39. The number of ether oxygens (including phenoxy) is 1. The zero-order valence-corrected chi connectivity index (χ0v) is 12.6. The van der Waals surface area contributed by atoms with Crippen molar-refractivity contribution in [2.24, 2.45) is 5.92 Å². The van der Waals surface area contributed by atoms with Crippen molar-refractivity contribution in [3.05, 3.63) is 0 Å². The molecule has 1 atom stereocenters. The Kier molecular flexibility index (Phi) is 5.18. The van der Waals surface area contributed by atoms with Gasteiger partial charge in [-0.2, -0.15) is 5.26 Å². The van der Waals surface area contributed by atoms with Crippen molar-refractivity contribution in [1.82, 2.24) is 10.2 Å². The summed E-state index contributed by atoms with van der Waals surface area (Å²) in [6.07, 6.45) is 5.31. The van der Waals surface area contributed by atoms with E-state index in [1.54, 1.807) is 0 Å². The van der Waals surface area contributed by atoms with E-state index < -0.39 is 5.54 Å². The lowest BCUT2D eigenvalue weighted by molar-refractivity contribution is -0.145. The monoisotopic (exact) mass is 293 g/mol. The van der Waals surface area contributed by atoms with Gasteiger partial charge >= 0.3 is 5.97 Å². The Morgan fingerprint density at radius 1 is 1.38 bits per heavy atom. The molecule has 1 amide bonds. The van der Waals surface area contributed by atoms with Gasteiger partial charge in [0.05, 0.1) is 25.6 Å². The third-order valence-electron chi connectivity index (χ3n) is 4.47. The molecule has 1 saturated carbocycles. The molecule has 0 aromatic rings. The molecule has 1 N–H and O–H groups in total. The molecule has 2 aliphatic rings. The lowest BCUT2D eigenvalue weighted by Crippen LogP contribution is -2.51. The molecule has 2 rings (SSSR count). The minimum absolute atomic E-state index is 0.121. The Hall–Kier alpha value is -1.61. The van der Waals surface area contributed by atoms with Crippen LogP contribution < -0.4 is 5.32 Å². The van der Waals surface area contributed by atoms with Crippen molar-refractivity contribution < 1.29 is 14.3 Å². The molecular formula is C15H23N3O3. The van der Waals surface area contributed by atoms with Crippen molar-refractivity contribution in [3.63, 3.8) is 0 Å². The second-order valence-electron chi connectivity index (χ2n) is 6.05. The first-order chi connectivity index (χ1) is 10.1. The normalized spacial score (nSPS) is 25.0. The zero-order valence-electron chi connectivity index (χ0n) is 12.6. The van der Waals surface area contributed by atoms with Crippen LogP contribution in [0.3, 0.4) is 0 Å². The van der Waals surface area contributed by atoms with Crippen LogP contribution in [0.25, 0.3) is 0 Å². The van der Waals surface area contributed by atoms with Crippen LogP contribution in [-0.4, -0.2) is 49.1 Å². The number of esters is 1. The topological polar surface area (TPSA) is 82.4 Å². The highest BCUT2D eigenvalue weighted by Crippen LogP contribution is 2.27. The van der Waals surface area contributed by atoms with Crippen LogP contribution in [-0.2, 0) is 14.3 Å². The van der Waals surface area contributed by atoms with Gasteiger partial charge in [0, 0.05) is 6.54 Å². The third-order valence-corrected chi connectivity index (χ3v) is 4.47. The summed E-state index contributed by atoms with van der Waals surface area (Å²) in [5.74, 6) is -0.468. The van der Waals surface area contributed by atoms with Gasteiger partial charge in [0.15, 0.2) is 0 Å². The van der Waals surface area contributed by atoms with Crippen LogP contribution in [0.15, 0.2) is 0 Å². The van der Waals surface area contributed by atoms with Crippen molar-refractivity contribution in [3.8, 4) is 6.07 Å². The molecule has 1 aliphatic heterocycles. The van der Waals surface area contributed by atoms with Gasteiger partial charge in [0.1, 0.15) is 5.54 Å². The van der Waals surface area contributed by atoms with E-state index in [0.717, 1.165) is 38.5 Å². The van der Waals surface area contributed by atoms with Gasteiger partial charge in [0.2, 0.25) is 5.91 Å². The van der Waals surface area contributed by atoms with E-state index in [-0.39, 0.29) is 24.3 Å². The molecule has 1 heterocycles. The Balaban J connectivity index is 1.82. The van der Waals surface area contributed by atoms with Crippen molar-refractivity contribution in [1.29, 1.82) is 5.26 Å². The lowest BCUT2D eigenvalue weighted by atomic mass is 9.83. The van der Waals surface area contributed by atoms with Gasteiger partial charge in [-0.1, -0.05) is 19.3 Å². The zero-order chi connectivity index (χ0) is 15.3. The summed E-state index contributed by atoms with van der Waals surface area (Å²) in [5, 5.41) is 12.3. The smallest absolute Gasteiger partial charge is 0.310 e. The van der Waals surface area contributed by atoms with E-state index in [9.17, 15) is 14.9 Å². The molecule has 21 heavy (non-hydrogen) atoms. The number of nitrogens with zero attached hydrogens (tertiary/aromatic N) is 2. The molecular weight excluding hydrogens is 270 g/mol. The predicted molar refractivity (Wildman–Crippen MR) is 76.1 cm³/mol. The van der Waals surface area contributed by atoms with E-state index in [4.69, 9.17) is 4.74 Å². The Morgan fingerprint density at radius 3 is 2.71 bits per heavy atom. The molecule has 6 nitrogen and oxygen atoms in total. The predicted octanol–water partition coefficient (Wildman–Crippen LogP) is 0.824. The first kappa shape index (κ1) is 15.8. The van der Waals surface area contributed by atoms with E-state index in [2.05, 4.69) is 11.4 Å². The van der Waals surface area contributed by atoms with Crippen molar-refractivity contribution in [2.45, 2.75) is 44.1 Å². The number of amides is 1. The summed E-state index contributed by atoms with van der Waals surface area (Å²) in [6.45, 7) is 1.52. The number of nitrogens with one attached hydrogen (secondary N) is 1. The third kappa shape index (κ3) is 3.94. The first-order valence-electron chi connectivity index (χ1n) is 7.61. The quantitative estimate of drug-likeness (QED) is 0.776. The second kappa shape index (κ2) is 6.90. The number of rotatable bonds is 4. The average molecular weight is 293 g/mol. The molecule has 116 valence electrons. The number of hydrogen-bond acceptors (Lipinski definition) is 5. The summed E-state index contributed by atoms with van der Waals surface area (Å²) in [6, 6.07) is 2.28. The van der Waals surface area contributed by atoms with E-state index >= 15 is 0 Å². The van der Waals surface area contributed by atoms with Gasteiger partial charge in [0.25, 0.3) is 0 Å². The maximum atomic E-state index is 12.2. The number of likely N-dealkylation sites (tertiary alicyclic amines) is 1. The Morgan fingerprint density at radius 2 is 2.10 bits per heavy atom. The van der Waals surface area contributed by atoms with Crippen molar-refractivity contribution >= 4 is 11.9 Å². The molecule has 2 fully saturated rings. The summed E-state index contributed by atoms with van der Waals surface area (Å²) in [5.41, 5.74) is -0.684. The Bertz CT molecular complexity index is 438. The van der Waals surface area contributed by atoms with E-state index in [0.29, 0.717) is 13.1 Å². The minimum atomic E-state index is -0.684. The number of nitriles is 1. The molecule has 6 heteroatoms. The molecule has 1 saturated heterocycles. The second-order valence-corrected chi connectivity index (χ2v) is 6.05. The molecule has 0 spiro atoms. The highest BCUT2D eigenvalue weighted by molar-refractivity contribution is 5.79. The van der Waals surface area contributed by atoms with Crippen LogP contribution in [0.1, 0.15) is 38.5 Å². The number of carbonyl (C=O) groups excluding carboxylic acids is 2. The largest absolute Gasteiger partial charge is 0.469 e. The molecule has 0 bridgehead atoms. The molecule has 1 aliphatic carbocycles. The van der Waals surface area contributed by atoms with E-state index in [1.165, 1.54) is 7.11 Å². The maximum Gasteiger partial charge on any atom is 0.310 e. The molecule has 0 aromatic carbocycles. The first-order valence-corrected chi connectivity index (χ1v) is 7.61. The Labute approximate surface area is 125 Å². The summed E-state index contributed by atoms with van der Waals surface area (Å²) >= 11 is 0. The molecule has 1 unspecified atom stereocenters. The molecule has 0 aromatic heterocycles. The average Bonchev–Trinajstić information content (AvgIpc) is 2.95. The van der Waals surface area contributed by atoms with Crippen molar-refractivity contribution in [2.75, 3.05) is 26.7 Å². The van der Waals surface area contributed by atoms with E-state index in [1.807, 2.05) is 4.90 Å². The van der Waals surface area contributed by atoms with Crippen LogP contribution >= 0.6 is 0 Å². The highest BCUT2D eigenvalue weighted by Gasteiger charge is 2.35. The lowest BCUT2D eigenvalue weighted by Gasteiger charge is -2.32. The highest BCUT2D eigenvalue weighted by atomic mass is 16.5. The SMILES string of the molecule is COC(=O)C1CCN(CC(=O)NC2(C#N)CCCCC2)C1. The fourth-order valence-corrected chi connectivity index (χ4v) is 3.26. The maximum absolute atomic E-state index is 12.2. The van der Waals surface area contributed by atoms with Crippen LogP contribution in [0.4, 0.5) is 0 Å². The van der Waals surface area contributed by atoms with Gasteiger partial charge in [-0.15, -0.1) is 0 Å². The van der Waals surface area contributed by atoms with Gasteiger partial charge in [-0.05, 0) is 25.8 Å². The van der Waals surface area contributed by atoms with Crippen LogP contribution in [0.2, 0.25) is 0 Å². The molecule has 0 radical (unpaired) electrons. The summed E-state index contributed by atoms with van der Waals surface area (Å²) < 4.78 is 4.73. The van der Waals surface area contributed by atoms with Gasteiger partial charge in [-0.25, -0.2) is 0 Å². The number of hydrogen-bond donors (Lipinski definition) is 1. The summed E-state index contributed by atoms with van der Waals surface area (Å²) in [4.78, 5) is 25.6. The fraction of sp³-hybridized carbons (Fsp3) is 0.800. The fourth-order valence-electron chi connectivity index (χ4n) is 3.26. The van der Waals surface area contributed by atoms with Gasteiger partial charge < -0.3 is 10.1 Å². The standard InChI is InChI=1S/C15H23N3O3/c1-21-14(20)12-5-8-18(9-12)10-13(19)17-15(11-16)6-3-2-4-7-15/h12H,2-10H2,1H3,(H,17,19). The number of carbonyl (C=O) groups is 2.